The smallest absolute Gasteiger partial charge is 0.416 e. The molecule has 1 aliphatic carbocycles. The van der Waals surface area contributed by atoms with E-state index < -0.39 is 17.7 Å². The van der Waals surface area contributed by atoms with E-state index in [1.54, 1.807) is 6.92 Å². The Hall–Kier alpha value is -2.60. The van der Waals surface area contributed by atoms with E-state index in [2.05, 4.69) is 0 Å². The van der Waals surface area contributed by atoms with Gasteiger partial charge in [-0.1, -0.05) is 35.9 Å². The van der Waals surface area contributed by atoms with Gasteiger partial charge in [-0.25, -0.2) is 4.79 Å². The maximum absolute atomic E-state index is 13.2. The third-order valence-corrected chi connectivity index (χ3v) is 5.98. The molecule has 0 saturated heterocycles. The normalized spacial score (nSPS) is 19.5. The van der Waals surface area contributed by atoms with E-state index in [1.807, 2.05) is 24.3 Å². The standard InChI is InChI=1S/C25H24ClF3O3/c1-2-32-24(31)22(15-16-4-3-5-20(14-16)25(27,28)29)23(30)19-8-6-17(7-9-19)18-10-12-21(26)13-11-18/h3-5,10-15,17,19H,2,6-9H2,1H3/b22-15-. The fourth-order valence-electron chi connectivity index (χ4n) is 4.05. The van der Waals surface area contributed by atoms with E-state index in [0.717, 1.165) is 30.5 Å². The van der Waals surface area contributed by atoms with Gasteiger partial charge in [0.25, 0.3) is 0 Å². The molecule has 0 heterocycles. The lowest BCUT2D eigenvalue weighted by Crippen LogP contribution is -2.26. The van der Waals surface area contributed by atoms with Crippen molar-refractivity contribution >= 4 is 29.4 Å². The van der Waals surface area contributed by atoms with Gasteiger partial charge in [0.15, 0.2) is 5.78 Å². The first kappa shape index (κ1) is 24.1. The molecule has 32 heavy (non-hydrogen) atoms. The number of hydrogen-bond donors (Lipinski definition) is 0. The number of hydrogen-bond acceptors (Lipinski definition) is 3. The lowest BCUT2D eigenvalue weighted by atomic mass is 9.76. The average molecular weight is 465 g/mol. The van der Waals surface area contributed by atoms with Gasteiger partial charge < -0.3 is 4.74 Å². The van der Waals surface area contributed by atoms with Crippen LogP contribution >= 0.6 is 11.6 Å². The fraction of sp³-hybridized carbons (Fsp3) is 0.360. The number of benzene rings is 2. The summed E-state index contributed by atoms with van der Waals surface area (Å²) in [6.07, 6.45) is -0.578. The van der Waals surface area contributed by atoms with Crippen molar-refractivity contribution in [3.05, 3.63) is 75.8 Å². The molecule has 0 radical (unpaired) electrons. The predicted molar refractivity (Wildman–Crippen MR) is 117 cm³/mol. The Morgan fingerprint density at radius 1 is 1.06 bits per heavy atom. The van der Waals surface area contributed by atoms with Crippen LogP contribution in [0.5, 0.6) is 0 Å². The highest BCUT2D eigenvalue weighted by molar-refractivity contribution is 6.30. The third-order valence-electron chi connectivity index (χ3n) is 5.73. The van der Waals surface area contributed by atoms with Crippen LogP contribution in [0.3, 0.4) is 0 Å². The van der Waals surface area contributed by atoms with Gasteiger partial charge in [0.1, 0.15) is 5.57 Å². The van der Waals surface area contributed by atoms with E-state index in [0.29, 0.717) is 23.8 Å². The molecule has 1 fully saturated rings. The molecular weight excluding hydrogens is 441 g/mol. The Morgan fingerprint density at radius 3 is 2.31 bits per heavy atom. The summed E-state index contributed by atoms with van der Waals surface area (Å²) in [7, 11) is 0. The van der Waals surface area contributed by atoms with Crippen molar-refractivity contribution in [2.45, 2.75) is 44.7 Å². The van der Waals surface area contributed by atoms with Gasteiger partial charge in [-0.15, -0.1) is 0 Å². The zero-order valence-corrected chi connectivity index (χ0v) is 18.4. The fourth-order valence-corrected chi connectivity index (χ4v) is 4.18. The third kappa shape index (κ3) is 6.00. The van der Waals surface area contributed by atoms with E-state index in [-0.39, 0.29) is 29.4 Å². The minimum atomic E-state index is -4.52. The van der Waals surface area contributed by atoms with E-state index in [9.17, 15) is 22.8 Å². The zero-order chi connectivity index (χ0) is 23.3. The second-order valence-electron chi connectivity index (χ2n) is 7.87. The van der Waals surface area contributed by atoms with Crippen LogP contribution in [-0.4, -0.2) is 18.4 Å². The highest BCUT2D eigenvalue weighted by Crippen LogP contribution is 2.38. The molecule has 0 bridgehead atoms. The van der Waals surface area contributed by atoms with Gasteiger partial charge >= 0.3 is 12.1 Å². The summed E-state index contributed by atoms with van der Waals surface area (Å²) in [5.74, 6) is -1.26. The summed E-state index contributed by atoms with van der Waals surface area (Å²) in [6.45, 7) is 1.68. The monoisotopic (exact) mass is 464 g/mol. The average Bonchev–Trinajstić information content (AvgIpc) is 2.77. The molecule has 3 rings (SSSR count). The zero-order valence-electron chi connectivity index (χ0n) is 17.6. The van der Waals surface area contributed by atoms with Crippen LogP contribution in [0.15, 0.2) is 54.1 Å². The molecule has 0 atom stereocenters. The highest BCUT2D eigenvalue weighted by atomic mass is 35.5. The number of esters is 1. The minimum Gasteiger partial charge on any atom is -0.462 e. The maximum Gasteiger partial charge on any atom is 0.416 e. The number of rotatable bonds is 6. The number of ketones is 1. The summed E-state index contributed by atoms with van der Waals surface area (Å²) < 4.78 is 44.2. The predicted octanol–water partition coefficient (Wildman–Crippen LogP) is 6.85. The molecule has 1 aliphatic rings. The largest absolute Gasteiger partial charge is 0.462 e. The number of carbonyl (C=O) groups is 2. The minimum absolute atomic E-state index is 0.0648. The molecule has 0 spiro atoms. The van der Waals surface area contributed by atoms with E-state index >= 15 is 0 Å². The van der Waals surface area contributed by atoms with Crippen molar-refractivity contribution < 1.29 is 27.5 Å². The number of alkyl halides is 3. The molecular formula is C25H24ClF3O3. The Bertz CT molecular complexity index is 988. The molecule has 0 N–H and O–H groups in total. The van der Waals surface area contributed by atoms with Gasteiger partial charge in [0.2, 0.25) is 0 Å². The molecule has 0 unspecified atom stereocenters. The molecule has 170 valence electrons. The SMILES string of the molecule is CCOC(=O)/C(=C\c1cccc(C(F)(F)F)c1)C(=O)C1CCC(c2ccc(Cl)cc2)CC1. The topological polar surface area (TPSA) is 43.4 Å². The molecule has 2 aromatic rings. The van der Waals surface area contributed by atoms with Gasteiger partial charge in [-0.2, -0.15) is 13.2 Å². The second kappa shape index (κ2) is 10.3. The van der Waals surface area contributed by atoms with Crippen molar-refractivity contribution in [1.29, 1.82) is 0 Å². The molecule has 0 aromatic heterocycles. The maximum atomic E-state index is 13.2. The van der Waals surface area contributed by atoms with Crippen LogP contribution in [0.1, 0.15) is 55.2 Å². The van der Waals surface area contributed by atoms with Crippen LogP contribution in [0.2, 0.25) is 5.02 Å². The number of Topliss-reactive ketones (excluding diaryl/α,β-unsaturated/α-hetero) is 1. The first-order valence-electron chi connectivity index (χ1n) is 10.5. The summed E-state index contributed by atoms with van der Waals surface area (Å²) in [5, 5.41) is 0.663. The van der Waals surface area contributed by atoms with Crippen molar-refractivity contribution in [2.75, 3.05) is 6.61 Å². The summed E-state index contributed by atoms with van der Waals surface area (Å²) in [5.41, 5.74) is 0.239. The summed E-state index contributed by atoms with van der Waals surface area (Å²) in [6, 6.07) is 12.2. The Balaban J connectivity index is 1.79. The summed E-state index contributed by atoms with van der Waals surface area (Å²) in [4.78, 5) is 25.7. The first-order valence-corrected chi connectivity index (χ1v) is 10.9. The molecule has 2 aromatic carbocycles. The van der Waals surface area contributed by atoms with Crippen molar-refractivity contribution in [1.82, 2.24) is 0 Å². The molecule has 7 heteroatoms. The summed E-state index contributed by atoms with van der Waals surface area (Å²) >= 11 is 5.95. The van der Waals surface area contributed by atoms with E-state index in [4.69, 9.17) is 16.3 Å². The van der Waals surface area contributed by atoms with E-state index in [1.165, 1.54) is 18.2 Å². The van der Waals surface area contributed by atoms with Crippen LogP contribution in [0.25, 0.3) is 6.08 Å². The Labute approximate surface area is 190 Å². The van der Waals surface area contributed by atoms with Crippen molar-refractivity contribution in [2.24, 2.45) is 5.92 Å². The Kier molecular flexibility index (Phi) is 7.77. The number of carbonyl (C=O) groups excluding carboxylic acids is 2. The van der Waals surface area contributed by atoms with Gasteiger partial charge in [0.05, 0.1) is 12.2 Å². The van der Waals surface area contributed by atoms with Crippen LogP contribution in [-0.2, 0) is 20.5 Å². The van der Waals surface area contributed by atoms with Crippen LogP contribution in [0.4, 0.5) is 13.2 Å². The quantitative estimate of drug-likeness (QED) is 0.203. The molecule has 0 aliphatic heterocycles. The number of ether oxygens (including phenoxy) is 1. The van der Waals surface area contributed by atoms with Crippen LogP contribution in [0, 0.1) is 5.92 Å². The van der Waals surface area contributed by atoms with Crippen LogP contribution < -0.4 is 0 Å². The lowest BCUT2D eigenvalue weighted by molar-refractivity contribution is -0.140. The van der Waals surface area contributed by atoms with Gasteiger partial charge in [-0.3, -0.25) is 4.79 Å². The first-order chi connectivity index (χ1) is 15.2. The second-order valence-corrected chi connectivity index (χ2v) is 8.30. The van der Waals surface area contributed by atoms with Gasteiger partial charge in [-0.05, 0) is 80.0 Å². The molecule has 3 nitrogen and oxygen atoms in total. The number of halogens is 4. The van der Waals surface area contributed by atoms with Crippen molar-refractivity contribution in [3.63, 3.8) is 0 Å². The highest BCUT2D eigenvalue weighted by Gasteiger charge is 2.33. The Morgan fingerprint density at radius 2 is 1.72 bits per heavy atom. The molecule has 0 amide bonds. The molecule has 1 saturated carbocycles. The van der Waals surface area contributed by atoms with Crippen molar-refractivity contribution in [3.8, 4) is 0 Å². The lowest BCUT2D eigenvalue weighted by Gasteiger charge is -2.28. The van der Waals surface area contributed by atoms with Gasteiger partial charge in [0, 0.05) is 10.9 Å².